The zero-order chi connectivity index (χ0) is 37.9. The summed E-state index contributed by atoms with van der Waals surface area (Å²) in [6, 6.07) is 4.57. The number of imide groups is 1. The molecule has 0 unspecified atom stereocenters. The van der Waals surface area contributed by atoms with Gasteiger partial charge in [-0.1, -0.05) is 74.1 Å². The third kappa shape index (κ3) is 11.8. The number of carbonyl (C=O) groups excluding carboxylic acids is 3. The highest BCUT2D eigenvalue weighted by Gasteiger charge is 2.20. The van der Waals surface area contributed by atoms with Crippen LogP contribution in [0, 0.1) is 11.6 Å². The summed E-state index contributed by atoms with van der Waals surface area (Å²) < 4.78 is 26.2. The maximum Gasteiger partial charge on any atom is 0.326 e. The average Bonchev–Trinajstić information content (AvgIpc) is 3.04. The fourth-order valence-corrected chi connectivity index (χ4v) is 5.74. The molecule has 0 saturated carbocycles. The molecule has 4 rings (SSSR count). The molecule has 0 aliphatic carbocycles. The second kappa shape index (κ2) is 19.8. The molecule has 0 fully saturated rings. The van der Waals surface area contributed by atoms with E-state index in [9.17, 15) is 23.2 Å². The van der Waals surface area contributed by atoms with Gasteiger partial charge >= 0.3 is 6.03 Å². The SMILES string of the molecule is CSc1ccnc(C(C)C)c1N.CSc1ccnc(C(C)C)c1NC(=O)NC(=O)c1cc(F)c(Cl)nc1Cl.NC(=O)c1cc(F)c(Cl)nc1Cl. The van der Waals surface area contributed by atoms with E-state index in [0.717, 1.165) is 33.3 Å². The Balaban J connectivity index is 0.000000299. The molecule has 4 heterocycles. The molecule has 0 aliphatic heterocycles. The van der Waals surface area contributed by atoms with E-state index in [2.05, 4.69) is 44.4 Å². The van der Waals surface area contributed by atoms with Crippen LogP contribution in [0.4, 0.5) is 25.0 Å². The highest BCUT2D eigenvalue weighted by Crippen LogP contribution is 2.32. The van der Waals surface area contributed by atoms with Gasteiger partial charge in [0.25, 0.3) is 11.8 Å². The lowest BCUT2D eigenvalue weighted by Gasteiger charge is -2.16. The van der Waals surface area contributed by atoms with E-state index in [4.69, 9.17) is 57.9 Å². The lowest BCUT2D eigenvalue weighted by molar-refractivity contribution is 0.0964. The standard InChI is InChI=1S/C16H15Cl2FN4O2S.C9H14N2S.C6H3Cl2FN2O/c1-7(2)11-12(10(26-3)4-5-20-11)21-16(25)23-15(24)8-6-9(19)14(18)22-13(8)17;1-6(2)9-8(10)7(12-3)4-5-11-9;7-4-2(6(10)12)1-3(9)5(8)11-4/h4-7H,1-3H3,(H2,21,23,24,25);4-6H,10H2,1-3H3;1H,(H2,10,12). The van der Waals surface area contributed by atoms with Gasteiger partial charge < -0.3 is 16.8 Å². The number of nitrogens with zero attached hydrogens (tertiary/aromatic N) is 4. The average molecular weight is 809 g/mol. The zero-order valence-electron chi connectivity index (χ0n) is 27.4. The number of pyridine rings is 4. The third-order valence-corrected chi connectivity index (χ3v) is 8.89. The molecule has 50 heavy (non-hydrogen) atoms. The molecular weight excluding hydrogens is 776 g/mol. The van der Waals surface area contributed by atoms with Crippen LogP contribution in [0.25, 0.3) is 0 Å². The first-order chi connectivity index (χ1) is 23.4. The van der Waals surface area contributed by atoms with E-state index in [1.807, 2.05) is 38.6 Å². The van der Waals surface area contributed by atoms with E-state index < -0.39 is 34.6 Å². The Bertz CT molecular complexity index is 1870. The molecule has 0 saturated heterocycles. The number of anilines is 2. The molecule has 0 bridgehead atoms. The molecule has 268 valence electrons. The lowest BCUT2D eigenvalue weighted by Crippen LogP contribution is -2.35. The maximum absolute atomic E-state index is 13.5. The molecule has 0 atom stereocenters. The van der Waals surface area contributed by atoms with Crippen LogP contribution in [0.1, 0.15) is 71.6 Å². The fraction of sp³-hybridized carbons (Fsp3) is 0.258. The quantitative estimate of drug-likeness (QED) is 0.104. The Hall–Kier alpha value is -3.47. The highest BCUT2D eigenvalue weighted by molar-refractivity contribution is 7.99. The van der Waals surface area contributed by atoms with Crippen molar-refractivity contribution in [1.82, 2.24) is 25.3 Å². The third-order valence-electron chi connectivity index (χ3n) is 6.21. The predicted molar refractivity (Wildman–Crippen MR) is 198 cm³/mol. The van der Waals surface area contributed by atoms with Gasteiger partial charge in [0.1, 0.15) is 10.3 Å². The summed E-state index contributed by atoms with van der Waals surface area (Å²) in [5, 5.41) is 3.36. The largest absolute Gasteiger partial charge is 0.396 e. The normalized spacial score (nSPS) is 10.5. The number of thioether (sulfide) groups is 2. The first-order valence-corrected chi connectivity index (χ1v) is 18.2. The van der Waals surface area contributed by atoms with Crippen molar-refractivity contribution >= 4 is 99.1 Å². The minimum absolute atomic E-state index is 0.0529. The number of rotatable bonds is 7. The van der Waals surface area contributed by atoms with Crippen molar-refractivity contribution in [3.8, 4) is 0 Å². The van der Waals surface area contributed by atoms with Crippen molar-refractivity contribution in [2.45, 2.75) is 49.3 Å². The van der Waals surface area contributed by atoms with E-state index in [0.29, 0.717) is 17.3 Å². The van der Waals surface area contributed by atoms with Crippen LogP contribution in [-0.4, -0.2) is 50.3 Å². The second-order valence-electron chi connectivity index (χ2n) is 10.4. The summed E-state index contributed by atoms with van der Waals surface area (Å²) in [6.07, 6.45) is 7.35. The van der Waals surface area contributed by atoms with Crippen LogP contribution >= 0.6 is 69.9 Å². The van der Waals surface area contributed by atoms with Gasteiger partial charge in [0.05, 0.1) is 33.9 Å². The van der Waals surface area contributed by atoms with Crippen LogP contribution in [0.15, 0.2) is 46.5 Å². The first-order valence-electron chi connectivity index (χ1n) is 14.2. The zero-order valence-corrected chi connectivity index (χ0v) is 32.0. The summed E-state index contributed by atoms with van der Waals surface area (Å²) >= 11 is 25.1. The first kappa shape index (κ1) is 42.7. The van der Waals surface area contributed by atoms with Gasteiger partial charge in [0.15, 0.2) is 21.9 Å². The summed E-state index contributed by atoms with van der Waals surface area (Å²) in [5.74, 6) is -3.04. The Kier molecular flexibility index (Phi) is 16.9. The van der Waals surface area contributed by atoms with Gasteiger partial charge in [-0.15, -0.1) is 23.5 Å². The number of nitrogens with two attached hydrogens (primary N) is 2. The maximum atomic E-state index is 13.5. The molecule has 0 aliphatic rings. The number of nitrogen functional groups attached to an aromatic ring is 1. The van der Waals surface area contributed by atoms with Crippen molar-refractivity contribution in [1.29, 1.82) is 0 Å². The van der Waals surface area contributed by atoms with Crippen molar-refractivity contribution < 1.29 is 23.2 Å². The number of carbonyl (C=O) groups is 3. The number of halogens is 6. The van der Waals surface area contributed by atoms with Crippen molar-refractivity contribution in [2.24, 2.45) is 5.73 Å². The Labute approximate surface area is 316 Å². The van der Waals surface area contributed by atoms with Gasteiger partial charge in [-0.3, -0.25) is 24.9 Å². The molecule has 4 aromatic heterocycles. The monoisotopic (exact) mass is 806 g/mol. The molecule has 0 radical (unpaired) electrons. The van der Waals surface area contributed by atoms with Crippen molar-refractivity contribution in [3.05, 3.63) is 91.4 Å². The van der Waals surface area contributed by atoms with Gasteiger partial charge in [-0.2, -0.15) is 0 Å². The molecule has 0 aromatic carbocycles. The summed E-state index contributed by atoms with van der Waals surface area (Å²) in [7, 11) is 0. The number of hydrogen-bond donors (Lipinski definition) is 4. The highest BCUT2D eigenvalue weighted by atomic mass is 35.5. The van der Waals surface area contributed by atoms with Crippen LogP contribution in [0.2, 0.25) is 20.6 Å². The van der Waals surface area contributed by atoms with Crippen molar-refractivity contribution in [2.75, 3.05) is 23.6 Å². The Morgan fingerprint density at radius 1 is 0.760 bits per heavy atom. The molecule has 4 amide bonds. The van der Waals surface area contributed by atoms with Gasteiger partial charge in [0, 0.05) is 22.2 Å². The minimum Gasteiger partial charge on any atom is -0.396 e. The number of urea groups is 1. The fourth-order valence-electron chi connectivity index (χ4n) is 3.84. The number of nitrogens with one attached hydrogen (secondary N) is 2. The summed E-state index contributed by atoms with van der Waals surface area (Å²) in [5.41, 5.74) is 13.3. The molecule has 4 aromatic rings. The van der Waals surface area contributed by atoms with E-state index in [1.165, 1.54) is 11.8 Å². The summed E-state index contributed by atoms with van der Waals surface area (Å²) in [6.45, 7) is 8.07. The number of amides is 4. The lowest BCUT2D eigenvalue weighted by atomic mass is 10.1. The van der Waals surface area contributed by atoms with Crippen molar-refractivity contribution in [3.63, 3.8) is 0 Å². The van der Waals surface area contributed by atoms with Gasteiger partial charge in [0.2, 0.25) is 0 Å². The number of primary amides is 1. The van der Waals surface area contributed by atoms with E-state index >= 15 is 0 Å². The number of hydrogen-bond acceptors (Lipinski definition) is 10. The molecular formula is C31H32Cl4F2N8O3S2. The molecule has 0 spiro atoms. The van der Waals surface area contributed by atoms with Gasteiger partial charge in [-0.05, 0) is 48.6 Å². The Morgan fingerprint density at radius 3 is 1.70 bits per heavy atom. The van der Waals surface area contributed by atoms with E-state index in [-0.39, 0.29) is 32.5 Å². The molecule has 6 N–H and O–H groups in total. The second-order valence-corrected chi connectivity index (χ2v) is 13.5. The van der Waals surface area contributed by atoms with Crippen LogP contribution < -0.4 is 22.1 Å². The minimum atomic E-state index is -0.916. The summed E-state index contributed by atoms with van der Waals surface area (Å²) in [4.78, 5) is 52.3. The smallest absolute Gasteiger partial charge is 0.326 e. The molecule has 11 nitrogen and oxygen atoms in total. The topological polar surface area (TPSA) is 179 Å². The Morgan fingerprint density at radius 2 is 1.22 bits per heavy atom. The van der Waals surface area contributed by atoms with Crippen LogP contribution in [0.5, 0.6) is 0 Å². The molecule has 19 heteroatoms. The predicted octanol–water partition coefficient (Wildman–Crippen LogP) is 8.87. The van der Waals surface area contributed by atoms with E-state index in [1.54, 1.807) is 24.0 Å². The van der Waals surface area contributed by atoms with Gasteiger partial charge in [-0.25, -0.2) is 23.5 Å². The number of aromatic nitrogens is 4. The van der Waals surface area contributed by atoms with Crippen LogP contribution in [0.3, 0.4) is 0 Å². The van der Waals surface area contributed by atoms with Crippen LogP contribution in [-0.2, 0) is 0 Å².